The minimum absolute atomic E-state index is 0. The molecule has 1 aromatic rings. The van der Waals surface area contributed by atoms with Crippen LogP contribution in [0.1, 0.15) is 23.7 Å². The number of rotatable bonds is 4. The maximum Gasteiger partial charge on any atom is 0.248 e. The van der Waals surface area contributed by atoms with Crippen molar-refractivity contribution in [3.05, 3.63) is 29.8 Å². The lowest BCUT2D eigenvalue weighted by Gasteiger charge is -2.03. The van der Waals surface area contributed by atoms with Crippen LogP contribution in [0.4, 0.5) is 0 Å². The molecule has 4 heteroatoms. The van der Waals surface area contributed by atoms with Gasteiger partial charge in [0.05, 0.1) is 6.61 Å². The van der Waals surface area contributed by atoms with Gasteiger partial charge >= 0.3 is 0 Å². The number of ether oxygens (including phenoxy) is 1. The minimum Gasteiger partial charge on any atom is -0.494 e. The lowest BCUT2D eigenvalue weighted by atomic mass is 10.2. The maximum absolute atomic E-state index is 10.7. The summed E-state index contributed by atoms with van der Waals surface area (Å²) in [6.07, 6.45) is 0.970. The van der Waals surface area contributed by atoms with Crippen molar-refractivity contribution >= 4 is 18.3 Å². The fraction of sp³-hybridized carbons (Fsp3) is 0.300. The number of benzene rings is 1. The molecule has 1 aromatic carbocycles. The van der Waals surface area contributed by atoms with Crippen LogP contribution in [-0.4, -0.2) is 12.5 Å². The molecular formula is C10H14ClNO2. The van der Waals surface area contributed by atoms with Gasteiger partial charge in [-0.1, -0.05) is 6.92 Å². The van der Waals surface area contributed by atoms with Crippen molar-refractivity contribution in [2.75, 3.05) is 6.61 Å². The second-order valence-electron chi connectivity index (χ2n) is 2.74. The van der Waals surface area contributed by atoms with E-state index in [9.17, 15) is 4.79 Å². The van der Waals surface area contributed by atoms with E-state index in [1.165, 1.54) is 0 Å². The summed E-state index contributed by atoms with van der Waals surface area (Å²) in [4.78, 5) is 10.7. The minimum atomic E-state index is -0.415. The molecule has 0 aliphatic rings. The predicted octanol–water partition coefficient (Wildman–Crippen LogP) is 2.00. The average molecular weight is 216 g/mol. The Hall–Kier alpha value is -1.22. The molecule has 0 aromatic heterocycles. The van der Waals surface area contributed by atoms with E-state index in [1.807, 2.05) is 6.92 Å². The SMILES string of the molecule is CCCOc1ccc(C(N)=O)cc1.Cl. The molecule has 3 nitrogen and oxygen atoms in total. The third kappa shape index (κ3) is 3.66. The van der Waals surface area contributed by atoms with Crippen molar-refractivity contribution in [1.29, 1.82) is 0 Å². The Balaban J connectivity index is 0.00000169. The van der Waals surface area contributed by atoms with Gasteiger partial charge in [0.1, 0.15) is 5.75 Å². The van der Waals surface area contributed by atoms with Crippen molar-refractivity contribution in [3.63, 3.8) is 0 Å². The van der Waals surface area contributed by atoms with Gasteiger partial charge in [-0.3, -0.25) is 4.79 Å². The van der Waals surface area contributed by atoms with E-state index in [2.05, 4.69) is 0 Å². The van der Waals surface area contributed by atoms with Crippen LogP contribution in [0.5, 0.6) is 5.75 Å². The highest BCUT2D eigenvalue weighted by atomic mass is 35.5. The molecule has 0 heterocycles. The Morgan fingerprint density at radius 1 is 1.36 bits per heavy atom. The lowest BCUT2D eigenvalue weighted by Crippen LogP contribution is -2.10. The molecule has 78 valence electrons. The molecule has 0 bridgehead atoms. The first-order valence-electron chi connectivity index (χ1n) is 4.26. The zero-order valence-electron chi connectivity index (χ0n) is 8.03. The van der Waals surface area contributed by atoms with Crippen LogP contribution in [-0.2, 0) is 0 Å². The van der Waals surface area contributed by atoms with Crippen molar-refractivity contribution < 1.29 is 9.53 Å². The second-order valence-corrected chi connectivity index (χ2v) is 2.74. The van der Waals surface area contributed by atoms with Crippen LogP contribution >= 0.6 is 12.4 Å². The molecule has 0 fully saturated rings. The third-order valence-electron chi connectivity index (χ3n) is 1.61. The number of halogens is 1. The molecule has 0 unspecified atom stereocenters. The first-order valence-corrected chi connectivity index (χ1v) is 4.26. The molecule has 1 rings (SSSR count). The van der Waals surface area contributed by atoms with Gasteiger partial charge in [0.15, 0.2) is 0 Å². The number of carbonyl (C=O) groups is 1. The molecule has 0 aliphatic carbocycles. The second kappa shape index (κ2) is 6.27. The molecule has 0 atom stereocenters. The van der Waals surface area contributed by atoms with Gasteiger partial charge in [-0.05, 0) is 30.7 Å². The fourth-order valence-electron chi connectivity index (χ4n) is 0.935. The highest BCUT2D eigenvalue weighted by Gasteiger charge is 1.99. The van der Waals surface area contributed by atoms with Gasteiger partial charge in [0.2, 0.25) is 5.91 Å². The summed E-state index contributed by atoms with van der Waals surface area (Å²) in [5.41, 5.74) is 5.59. The van der Waals surface area contributed by atoms with E-state index in [0.29, 0.717) is 12.2 Å². The zero-order valence-corrected chi connectivity index (χ0v) is 8.84. The van der Waals surface area contributed by atoms with Gasteiger partial charge < -0.3 is 10.5 Å². The van der Waals surface area contributed by atoms with Crippen LogP contribution in [0, 0.1) is 0 Å². The highest BCUT2D eigenvalue weighted by molar-refractivity contribution is 5.92. The van der Waals surface area contributed by atoms with Crippen LogP contribution in [0.25, 0.3) is 0 Å². The van der Waals surface area contributed by atoms with E-state index in [1.54, 1.807) is 24.3 Å². The summed E-state index contributed by atoms with van der Waals surface area (Å²) in [5, 5.41) is 0. The summed E-state index contributed by atoms with van der Waals surface area (Å²) >= 11 is 0. The first kappa shape index (κ1) is 12.8. The van der Waals surface area contributed by atoms with Crippen molar-refractivity contribution in [1.82, 2.24) is 0 Å². The van der Waals surface area contributed by atoms with E-state index < -0.39 is 5.91 Å². The van der Waals surface area contributed by atoms with Crippen molar-refractivity contribution in [2.24, 2.45) is 5.73 Å². The number of hydrogen-bond acceptors (Lipinski definition) is 2. The Morgan fingerprint density at radius 3 is 2.36 bits per heavy atom. The Bertz CT molecular complexity index is 285. The summed E-state index contributed by atoms with van der Waals surface area (Å²) in [6.45, 7) is 2.73. The summed E-state index contributed by atoms with van der Waals surface area (Å²) < 4.78 is 5.34. The zero-order chi connectivity index (χ0) is 9.68. The average Bonchev–Trinajstić information content (AvgIpc) is 2.15. The van der Waals surface area contributed by atoms with Gasteiger partial charge in [0.25, 0.3) is 0 Å². The number of primary amides is 1. The summed E-state index contributed by atoms with van der Waals surface area (Å²) in [6, 6.07) is 6.81. The van der Waals surface area contributed by atoms with E-state index in [4.69, 9.17) is 10.5 Å². The van der Waals surface area contributed by atoms with Gasteiger partial charge in [0, 0.05) is 5.56 Å². The quantitative estimate of drug-likeness (QED) is 0.835. The van der Waals surface area contributed by atoms with E-state index in [0.717, 1.165) is 12.2 Å². The van der Waals surface area contributed by atoms with Crippen molar-refractivity contribution in [2.45, 2.75) is 13.3 Å². The smallest absolute Gasteiger partial charge is 0.248 e. The number of nitrogens with two attached hydrogens (primary N) is 1. The Labute approximate surface area is 89.7 Å². The molecule has 1 amide bonds. The van der Waals surface area contributed by atoms with Gasteiger partial charge in [-0.25, -0.2) is 0 Å². The number of carbonyl (C=O) groups excluding carboxylic acids is 1. The monoisotopic (exact) mass is 215 g/mol. The van der Waals surface area contributed by atoms with Crippen LogP contribution in [0.3, 0.4) is 0 Å². The molecule has 0 saturated heterocycles. The molecule has 0 radical (unpaired) electrons. The highest BCUT2D eigenvalue weighted by Crippen LogP contribution is 2.11. The van der Waals surface area contributed by atoms with E-state index in [-0.39, 0.29) is 12.4 Å². The van der Waals surface area contributed by atoms with Gasteiger partial charge in [-0.15, -0.1) is 12.4 Å². The fourth-order valence-corrected chi connectivity index (χ4v) is 0.935. The van der Waals surface area contributed by atoms with Crippen LogP contribution in [0.15, 0.2) is 24.3 Å². The summed E-state index contributed by atoms with van der Waals surface area (Å²) in [5.74, 6) is 0.355. The molecule has 14 heavy (non-hydrogen) atoms. The number of amides is 1. The van der Waals surface area contributed by atoms with Crippen molar-refractivity contribution in [3.8, 4) is 5.75 Å². The maximum atomic E-state index is 10.7. The topological polar surface area (TPSA) is 52.3 Å². The normalized spacial score (nSPS) is 8.93. The lowest BCUT2D eigenvalue weighted by molar-refractivity contribution is 0.100. The number of hydrogen-bond donors (Lipinski definition) is 1. The largest absolute Gasteiger partial charge is 0.494 e. The summed E-state index contributed by atoms with van der Waals surface area (Å²) in [7, 11) is 0. The molecule has 0 aliphatic heterocycles. The Morgan fingerprint density at radius 2 is 1.93 bits per heavy atom. The molecule has 0 spiro atoms. The first-order chi connectivity index (χ1) is 6.24. The third-order valence-corrected chi connectivity index (χ3v) is 1.61. The standard InChI is InChI=1S/C10H13NO2.ClH/c1-2-7-13-9-5-3-8(4-6-9)10(11)12;/h3-6H,2,7H2,1H3,(H2,11,12);1H. The predicted molar refractivity (Wildman–Crippen MR) is 58.0 cm³/mol. The van der Waals surface area contributed by atoms with E-state index >= 15 is 0 Å². The van der Waals surface area contributed by atoms with Crippen LogP contribution in [0.2, 0.25) is 0 Å². The molecular weight excluding hydrogens is 202 g/mol. The van der Waals surface area contributed by atoms with Gasteiger partial charge in [-0.2, -0.15) is 0 Å². The molecule has 0 saturated carbocycles. The Kier molecular flexibility index (Phi) is 5.72. The van der Waals surface area contributed by atoms with Crippen LogP contribution < -0.4 is 10.5 Å². The molecule has 2 N–H and O–H groups in total.